The Morgan fingerprint density at radius 1 is 1.39 bits per heavy atom. The van der Waals surface area contributed by atoms with Crippen LogP contribution in [0.25, 0.3) is 15.5 Å². The monoisotopic (exact) mass is 279 g/mol. The summed E-state index contributed by atoms with van der Waals surface area (Å²) < 4.78 is 1.76. The topological polar surface area (TPSA) is 69.1 Å². The summed E-state index contributed by atoms with van der Waals surface area (Å²) in [6.45, 7) is 2.02. The molecule has 7 heteroatoms. The molecular weight excluding hydrogens is 270 g/mol. The zero-order chi connectivity index (χ0) is 12.7. The summed E-state index contributed by atoms with van der Waals surface area (Å²) in [6, 6.07) is 5.40. The Bertz CT molecular complexity index is 717. The first-order valence-electron chi connectivity index (χ1n) is 5.45. The van der Waals surface area contributed by atoms with Gasteiger partial charge in [0.15, 0.2) is 5.82 Å². The molecule has 0 saturated carbocycles. The third kappa shape index (κ3) is 1.74. The number of hydrogen-bond acceptors (Lipinski definition) is 5. The second-order valence-electron chi connectivity index (χ2n) is 3.81. The van der Waals surface area contributed by atoms with E-state index in [4.69, 9.17) is 17.3 Å². The van der Waals surface area contributed by atoms with Gasteiger partial charge < -0.3 is 5.73 Å². The van der Waals surface area contributed by atoms with Crippen molar-refractivity contribution in [3.05, 3.63) is 29.0 Å². The molecule has 0 saturated heterocycles. The predicted octanol–water partition coefficient (Wildman–Crippen LogP) is 2.65. The maximum atomic E-state index is 6.17. The Morgan fingerprint density at radius 2 is 2.22 bits per heavy atom. The Hall–Kier alpha value is -1.66. The summed E-state index contributed by atoms with van der Waals surface area (Å²) in [5.41, 5.74) is 7.18. The summed E-state index contributed by atoms with van der Waals surface area (Å²) in [5, 5.41) is 14.0. The fraction of sp³-hybridized carbons (Fsp3) is 0.182. The number of benzene rings is 1. The zero-order valence-electron chi connectivity index (χ0n) is 9.59. The van der Waals surface area contributed by atoms with Gasteiger partial charge in [0.25, 0.3) is 0 Å². The molecule has 18 heavy (non-hydrogen) atoms. The number of aromatic nitrogens is 4. The Morgan fingerprint density at radius 3 is 2.94 bits per heavy atom. The molecule has 0 atom stereocenters. The van der Waals surface area contributed by atoms with E-state index in [1.807, 2.05) is 19.1 Å². The lowest BCUT2D eigenvalue weighted by Gasteiger charge is -2.00. The van der Waals surface area contributed by atoms with Crippen LogP contribution in [0.1, 0.15) is 12.7 Å². The van der Waals surface area contributed by atoms with Crippen LogP contribution in [0, 0.1) is 0 Å². The number of anilines is 1. The molecule has 1 aromatic carbocycles. The molecule has 0 unspecified atom stereocenters. The first-order valence-corrected chi connectivity index (χ1v) is 6.65. The lowest BCUT2D eigenvalue weighted by molar-refractivity contribution is 0.838. The average molecular weight is 280 g/mol. The van der Waals surface area contributed by atoms with E-state index in [1.165, 1.54) is 11.3 Å². The van der Waals surface area contributed by atoms with Gasteiger partial charge in [-0.15, -0.1) is 10.2 Å². The highest BCUT2D eigenvalue weighted by Gasteiger charge is 2.13. The molecule has 0 fully saturated rings. The van der Waals surface area contributed by atoms with Crippen LogP contribution < -0.4 is 5.73 Å². The van der Waals surface area contributed by atoms with Gasteiger partial charge in [0.05, 0.1) is 5.02 Å². The molecule has 3 rings (SSSR count). The van der Waals surface area contributed by atoms with Crippen LogP contribution in [0.3, 0.4) is 0 Å². The minimum Gasteiger partial charge on any atom is -0.399 e. The molecule has 2 N–H and O–H groups in total. The highest BCUT2D eigenvalue weighted by Crippen LogP contribution is 2.32. The van der Waals surface area contributed by atoms with Crippen LogP contribution in [0.2, 0.25) is 5.02 Å². The van der Waals surface area contributed by atoms with Crippen molar-refractivity contribution >= 4 is 33.6 Å². The van der Waals surface area contributed by atoms with Crippen LogP contribution in [-0.4, -0.2) is 19.8 Å². The Labute approximate surface area is 112 Å². The summed E-state index contributed by atoms with van der Waals surface area (Å²) in [7, 11) is 0. The maximum Gasteiger partial charge on any atom is 0.234 e. The summed E-state index contributed by atoms with van der Waals surface area (Å²) in [4.78, 5) is 0.773. The van der Waals surface area contributed by atoms with E-state index in [1.54, 1.807) is 10.6 Å². The molecule has 0 bridgehead atoms. The maximum absolute atomic E-state index is 6.17. The van der Waals surface area contributed by atoms with Gasteiger partial charge in [-0.1, -0.05) is 29.9 Å². The van der Waals surface area contributed by atoms with E-state index in [2.05, 4.69) is 15.3 Å². The minimum absolute atomic E-state index is 0.595. The van der Waals surface area contributed by atoms with Gasteiger partial charge in [-0.3, -0.25) is 0 Å². The predicted molar refractivity (Wildman–Crippen MR) is 72.9 cm³/mol. The number of rotatable bonds is 2. The highest BCUT2D eigenvalue weighted by molar-refractivity contribution is 7.19. The second-order valence-corrected chi connectivity index (χ2v) is 5.17. The summed E-state index contributed by atoms with van der Waals surface area (Å²) in [5.74, 6) is 0.846. The smallest absolute Gasteiger partial charge is 0.234 e. The molecule has 0 aliphatic heterocycles. The molecular formula is C11H10ClN5S. The summed E-state index contributed by atoms with van der Waals surface area (Å²) >= 11 is 7.63. The van der Waals surface area contributed by atoms with Crippen LogP contribution >= 0.6 is 22.9 Å². The summed E-state index contributed by atoms with van der Waals surface area (Å²) in [6.07, 6.45) is 0.791. The van der Waals surface area contributed by atoms with E-state index < -0.39 is 0 Å². The van der Waals surface area contributed by atoms with Gasteiger partial charge in [-0.2, -0.15) is 9.61 Å². The van der Waals surface area contributed by atoms with E-state index in [-0.39, 0.29) is 0 Å². The lowest BCUT2D eigenvalue weighted by Crippen LogP contribution is -1.93. The van der Waals surface area contributed by atoms with Gasteiger partial charge in [0, 0.05) is 17.7 Å². The number of nitrogen functional groups attached to an aromatic ring is 1. The van der Waals surface area contributed by atoms with Crippen molar-refractivity contribution in [2.75, 3.05) is 5.73 Å². The van der Waals surface area contributed by atoms with Crippen molar-refractivity contribution in [3.63, 3.8) is 0 Å². The van der Waals surface area contributed by atoms with Gasteiger partial charge >= 0.3 is 0 Å². The molecule has 0 aliphatic rings. The number of hydrogen-bond donors (Lipinski definition) is 1. The molecule has 2 aromatic heterocycles. The number of fused-ring (bicyclic) bond motifs is 1. The zero-order valence-corrected chi connectivity index (χ0v) is 11.2. The van der Waals surface area contributed by atoms with Crippen LogP contribution in [-0.2, 0) is 6.42 Å². The minimum atomic E-state index is 0.595. The third-order valence-corrected chi connectivity index (χ3v) is 3.84. The molecule has 3 aromatic rings. The van der Waals surface area contributed by atoms with E-state index >= 15 is 0 Å². The van der Waals surface area contributed by atoms with Crippen molar-refractivity contribution in [1.82, 2.24) is 19.8 Å². The quantitative estimate of drug-likeness (QED) is 0.732. The van der Waals surface area contributed by atoms with Crippen LogP contribution in [0.4, 0.5) is 5.69 Å². The standard InChI is InChI=1S/C11H10ClN5S/c1-2-9-14-15-11-17(9)16-10(18-11)7-4-3-6(13)5-8(7)12/h3-5H,2,13H2,1H3. The van der Waals surface area contributed by atoms with Gasteiger partial charge in [0.1, 0.15) is 5.01 Å². The van der Waals surface area contributed by atoms with Gasteiger partial charge in [-0.25, -0.2) is 0 Å². The van der Waals surface area contributed by atoms with E-state index in [9.17, 15) is 0 Å². The Balaban J connectivity index is 2.16. The van der Waals surface area contributed by atoms with E-state index in [0.29, 0.717) is 10.7 Å². The number of nitrogens with zero attached hydrogens (tertiary/aromatic N) is 4. The number of aryl methyl sites for hydroxylation is 1. The van der Waals surface area contributed by atoms with Crippen molar-refractivity contribution in [2.24, 2.45) is 0 Å². The van der Waals surface area contributed by atoms with E-state index in [0.717, 1.165) is 27.8 Å². The van der Waals surface area contributed by atoms with Crippen molar-refractivity contribution in [2.45, 2.75) is 13.3 Å². The average Bonchev–Trinajstić information content (AvgIpc) is 2.88. The van der Waals surface area contributed by atoms with Crippen molar-refractivity contribution in [3.8, 4) is 10.6 Å². The molecule has 0 amide bonds. The third-order valence-electron chi connectivity index (χ3n) is 2.60. The first kappa shape index (κ1) is 11.4. The molecule has 0 radical (unpaired) electrons. The fourth-order valence-corrected chi connectivity index (χ4v) is 2.92. The SMILES string of the molecule is CCc1nnc2sc(-c3ccc(N)cc3Cl)nn12. The highest BCUT2D eigenvalue weighted by atomic mass is 35.5. The van der Waals surface area contributed by atoms with Crippen LogP contribution in [0.15, 0.2) is 18.2 Å². The van der Waals surface area contributed by atoms with Crippen LogP contribution in [0.5, 0.6) is 0 Å². The fourth-order valence-electron chi connectivity index (χ4n) is 1.69. The molecule has 2 heterocycles. The normalized spacial score (nSPS) is 11.2. The molecule has 0 aliphatic carbocycles. The first-order chi connectivity index (χ1) is 8.69. The molecule has 5 nitrogen and oxygen atoms in total. The number of halogens is 1. The van der Waals surface area contributed by atoms with Gasteiger partial charge in [0.2, 0.25) is 4.96 Å². The Kier molecular flexibility index (Phi) is 2.68. The van der Waals surface area contributed by atoms with Crippen molar-refractivity contribution in [1.29, 1.82) is 0 Å². The lowest BCUT2D eigenvalue weighted by atomic mass is 10.2. The number of nitrogens with two attached hydrogens (primary N) is 1. The van der Waals surface area contributed by atoms with Crippen molar-refractivity contribution < 1.29 is 0 Å². The van der Waals surface area contributed by atoms with Gasteiger partial charge in [-0.05, 0) is 18.2 Å². The second kappa shape index (κ2) is 4.22. The largest absolute Gasteiger partial charge is 0.399 e. The molecule has 0 spiro atoms. The molecule has 92 valence electrons.